The van der Waals surface area contributed by atoms with Gasteiger partial charge in [0.2, 0.25) is 0 Å². The van der Waals surface area contributed by atoms with Crippen LogP contribution in [-0.2, 0) is 9.53 Å². The molecule has 0 fully saturated rings. The first-order chi connectivity index (χ1) is 7.85. The number of carbonyl (C=O) groups is 1. The molecule has 100 valence electrons. The Hall–Kier alpha value is -0.130. The van der Waals surface area contributed by atoms with Gasteiger partial charge in [-0.1, -0.05) is 35.4 Å². The molecule has 0 heterocycles. The fraction of sp³-hybridized carbons (Fsp3) is 0.750. The van der Waals surface area contributed by atoms with Crippen molar-refractivity contribution in [3.05, 3.63) is 11.5 Å². The topological polar surface area (TPSA) is 46.5 Å². The molecule has 3 nitrogen and oxygen atoms in total. The van der Waals surface area contributed by atoms with E-state index in [-0.39, 0.29) is 19.0 Å². The summed E-state index contributed by atoms with van der Waals surface area (Å²) in [5.41, 5.74) is -0.998. The highest BCUT2D eigenvalue weighted by atomic mass is 33.1. The van der Waals surface area contributed by atoms with Gasteiger partial charge in [-0.25, -0.2) is 0 Å². The van der Waals surface area contributed by atoms with E-state index in [1.54, 1.807) is 35.4 Å². The number of carbonyl (C=O) groups excluding carboxylic acids is 1. The van der Waals surface area contributed by atoms with Crippen molar-refractivity contribution in [3.8, 4) is 0 Å². The number of hydrogen-bond donors (Lipinski definition) is 1. The zero-order valence-corrected chi connectivity index (χ0v) is 12.6. The molecule has 1 atom stereocenters. The van der Waals surface area contributed by atoms with Crippen LogP contribution in [0.4, 0.5) is 0 Å². The minimum Gasteiger partial charge on any atom is -0.461 e. The maximum absolute atomic E-state index is 11.2. The molecule has 0 saturated heterocycles. The molecule has 17 heavy (non-hydrogen) atoms. The van der Waals surface area contributed by atoms with Gasteiger partial charge >= 0.3 is 5.97 Å². The van der Waals surface area contributed by atoms with E-state index in [1.807, 2.05) is 11.5 Å². The monoisotopic (exact) mass is 278 g/mol. The van der Waals surface area contributed by atoms with E-state index in [4.69, 9.17) is 4.74 Å². The van der Waals surface area contributed by atoms with Gasteiger partial charge in [0.15, 0.2) is 0 Å². The standard InChI is InChI=1S/C12H22O3S2/c1-5-10(2)17-16-8-6-7-15-11(13)9-12(3,4)14/h6,8,10,14H,5,7,9H2,1-4H3. The number of esters is 1. The molecular weight excluding hydrogens is 256 g/mol. The number of hydrogen-bond acceptors (Lipinski definition) is 5. The summed E-state index contributed by atoms with van der Waals surface area (Å²) in [6, 6.07) is 0. The Labute approximate surface area is 112 Å². The summed E-state index contributed by atoms with van der Waals surface area (Å²) in [7, 11) is 3.44. The van der Waals surface area contributed by atoms with Crippen molar-refractivity contribution in [1.29, 1.82) is 0 Å². The lowest BCUT2D eigenvalue weighted by atomic mass is 10.1. The van der Waals surface area contributed by atoms with E-state index < -0.39 is 5.60 Å². The lowest BCUT2D eigenvalue weighted by molar-refractivity contribution is -0.146. The van der Waals surface area contributed by atoms with Crippen LogP contribution >= 0.6 is 21.6 Å². The van der Waals surface area contributed by atoms with Crippen molar-refractivity contribution in [2.45, 2.75) is 51.4 Å². The molecule has 0 spiro atoms. The first-order valence-corrected chi connectivity index (χ1v) is 7.98. The van der Waals surface area contributed by atoms with Gasteiger partial charge in [0, 0.05) is 5.25 Å². The third-order valence-corrected chi connectivity index (χ3v) is 4.59. The second-order valence-electron chi connectivity index (χ2n) is 4.46. The van der Waals surface area contributed by atoms with E-state index >= 15 is 0 Å². The molecule has 0 rings (SSSR count). The molecule has 0 aromatic rings. The van der Waals surface area contributed by atoms with Crippen LogP contribution in [0.3, 0.4) is 0 Å². The zero-order chi connectivity index (χ0) is 13.3. The van der Waals surface area contributed by atoms with Gasteiger partial charge in [-0.05, 0) is 31.8 Å². The molecule has 0 radical (unpaired) electrons. The van der Waals surface area contributed by atoms with Crippen molar-refractivity contribution >= 4 is 27.6 Å². The Balaban J connectivity index is 3.56. The molecular formula is C12H22O3S2. The van der Waals surface area contributed by atoms with Gasteiger partial charge < -0.3 is 9.84 Å². The van der Waals surface area contributed by atoms with Crippen LogP contribution in [0.1, 0.15) is 40.5 Å². The summed E-state index contributed by atoms with van der Waals surface area (Å²) in [6.07, 6.45) is 2.98. The average Bonchev–Trinajstić information content (AvgIpc) is 2.20. The van der Waals surface area contributed by atoms with Crippen molar-refractivity contribution in [2.24, 2.45) is 0 Å². The van der Waals surface area contributed by atoms with E-state index in [1.165, 1.54) is 0 Å². The summed E-state index contributed by atoms with van der Waals surface area (Å²) in [5, 5.41) is 11.9. The van der Waals surface area contributed by atoms with Crippen LogP contribution in [0.15, 0.2) is 11.5 Å². The minimum atomic E-state index is -0.998. The highest BCUT2D eigenvalue weighted by Crippen LogP contribution is 2.28. The fourth-order valence-corrected chi connectivity index (χ4v) is 2.77. The van der Waals surface area contributed by atoms with Crippen molar-refractivity contribution < 1.29 is 14.6 Å². The molecule has 1 unspecified atom stereocenters. The third-order valence-electron chi connectivity index (χ3n) is 1.86. The summed E-state index contributed by atoms with van der Waals surface area (Å²) in [4.78, 5) is 11.2. The second kappa shape index (κ2) is 8.89. The first kappa shape index (κ1) is 16.9. The fourth-order valence-electron chi connectivity index (χ4n) is 0.819. The van der Waals surface area contributed by atoms with Gasteiger partial charge in [-0.15, -0.1) is 0 Å². The summed E-state index contributed by atoms with van der Waals surface area (Å²) >= 11 is 0. The molecule has 0 aliphatic rings. The number of rotatable bonds is 8. The lowest BCUT2D eigenvalue weighted by Gasteiger charge is -2.14. The first-order valence-electron chi connectivity index (χ1n) is 5.70. The van der Waals surface area contributed by atoms with Crippen molar-refractivity contribution in [2.75, 3.05) is 6.61 Å². The largest absolute Gasteiger partial charge is 0.461 e. The molecule has 0 aliphatic heterocycles. The van der Waals surface area contributed by atoms with Gasteiger partial charge in [0.05, 0.1) is 12.0 Å². The SMILES string of the molecule is CCC(C)SSC=CCOC(=O)CC(C)(C)O. The Morgan fingerprint density at radius 3 is 2.71 bits per heavy atom. The molecule has 5 heteroatoms. The number of aliphatic hydroxyl groups is 1. The maximum Gasteiger partial charge on any atom is 0.308 e. The van der Waals surface area contributed by atoms with E-state index in [0.717, 1.165) is 6.42 Å². The third kappa shape index (κ3) is 12.1. The summed E-state index contributed by atoms with van der Waals surface area (Å²) in [6.45, 7) is 7.77. The highest BCUT2D eigenvalue weighted by Gasteiger charge is 2.18. The lowest BCUT2D eigenvalue weighted by Crippen LogP contribution is -2.24. The molecule has 0 amide bonds. The minimum absolute atomic E-state index is 0.0234. The van der Waals surface area contributed by atoms with Crippen LogP contribution in [-0.4, -0.2) is 28.5 Å². The van der Waals surface area contributed by atoms with Crippen molar-refractivity contribution in [3.63, 3.8) is 0 Å². The maximum atomic E-state index is 11.2. The van der Waals surface area contributed by atoms with Crippen LogP contribution in [0, 0.1) is 0 Å². The Bertz CT molecular complexity index is 247. The van der Waals surface area contributed by atoms with E-state index in [9.17, 15) is 9.90 Å². The van der Waals surface area contributed by atoms with E-state index in [2.05, 4.69) is 13.8 Å². The molecule has 0 aromatic carbocycles. The van der Waals surface area contributed by atoms with Crippen molar-refractivity contribution in [1.82, 2.24) is 0 Å². The zero-order valence-electron chi connectivity index (χ0n) is 10.9. The quantitative estimate of drug-likeness (QED) is 0.545. The number of ether oxygens (including phenoxy) is 1. The van der Waals surface area contributed by atoms with E-state index in [0.29, 0.717) is 5.25 Å². The van der Waals surface area contributed by atoms with Crippen LogP contribution < -0.4 is 0 Å². The Kier molecular flexibility index (Phi) is 8.82. The van der Waals surface area contributed by atoms with Crippen LogP contribution in [0.25, 0.3) is 0 Å². The summed E-state index contributed by atoms with van der Waals surface area (Å²) in [5.74, 6) is -0.373. The van der Waals surface area contributed by atoms with Gasteiger partial charge in [-0.2, -0.15) is 0 Å². The Morgan fingerprint density at radius 2 is 2.18 bits per heavy atom. The molecule has 0 saturated carbocycles. The van der Waals surface area contributed by atoms with Crippen LogP contribution in [0.5, 0.6) is 0 Å². The predicted octanol–water partition coefficient (Wildman–Crippen LogP) is 3.38. The van der Waals surface area contributed by atoms with Gasteiger partial charge in [0.1, 0.15) is 6.61 Å². The molecule has 1 N–H and O–H groups in total. The molecule has 0 bridgehead atoms. The molecule has 0 aliphatic carbocycles. The smallest absolute Gasteiger partial charge is 0.308 e. The average molecular weight is 278 g/mol. The molecule has 0 aromatic heterocycles. The van der Waals surface area contributed by atoms with Gasteiger partial charge in [-0.3, -0.25) is 4.79 Å². The normalized spacial score (nSPS) is 13.9. The second-order valence-corrected chi connectivity index (χ2v) is 7.07. The highest BCUT2D eigenvalue weighted by molar-refractivity contribution is 8.78. The Morgan fingerprint density at radius 1 is 1.53 bits per heavy atom. The van der Waals surface area contributed by atoms with Crippen LogP contribution in [0.2, 0.25) is 0 Å². The summed E-state index contributed by atoms with van der Waals surface area (Å²) < 4.78 is 4.94. The van der Waals surface area contributed by atoms with Gasteiger partial charge in [0.25, 0.3) is 0 Å². The predicted molar refractivity (Wildman–Crippen MR) is 75.9 cm³/mol.